The Hall–Kier alpha value is -1.21. The minimum atomic E-state index is -3.16. The van der Waals surface area contributed by atoms with E-state index in [4.69, 9.17) is 4.84 Å². The average molecular weight is 307 g/mol. The molecule has 0 spiro atoms. The first-order valence-electron chi connectivity index (χ1n) is 6.59. The molecule has 21 heavy (non-hydrogen) atoms. The summed E-state index contributed by atoms with van der Waals surface area (Å²) in [6.45, 7) is -2.35. The van der Waals surface area contributed by atoms with Gasteiger partial charge in [-0.2, -0.15) is 5.48 Å². The van der Waals surface area contributed by atoms with Crippen LogP contribution in [0.15, 0.2) is 24.3 Å². The quantitative estimate of drug-likeness (QED) is 0.865. The first-order valence-corrected chi connectivity index (χ1v) is 6.59. The lowest BCUT2D eigenvalue weighted by molar-refractivity contribution is -0.109. The van der Waals surface area contributed by atoms with E-state index < -0.39 is 55.0 Å². The number of halogens is 5. The van der Waals surface area contributed by atoms with Gasteiger partial charge in [-0.25, -0.2) is 22.0 Å². The molecule has 0 amide bonds. The summed E-state index contributed by atoms with van der Waals surface area (Å²) in [4.78, 5) is 5.05. The second kappa shape index (κ2) is 4.64. The predicted molar refractivity (Wildman–Crippen MR) is 64.7 cm³/mol. The van der Waals surface area contributed by atoms with Crippen LogP contribution < -0.4 is 5.48 Å². The highest BCUT2D eigenvalue weighted by Crippen LogP contribution is 2.58. The van der Waals surface area contributed by atoms with Crippen LogP contribution >= 0.6 is 0 Å². The van der Waals surface area contributed by atoms with Gasteiger partial charge < -0.3 is 0 Å². The molecule has 2 fully saturated rings. The highest BCUT2D eigenvalue weighted by atomic mass is 19.3. The van der Waals surface area contributed by atoms with E-state index in [1.807, 2.05) is 0 Å². The van der Waals surface area contributed by atoms with Crippen LogP contribution in [0.25, 0.3) is 0 Å². The molecule has 1 aliphatic carbocycles. The van der Waals surface area contributed by atoms with E-state index in [1.54, 1.807) is 0 Å². The van der Waals surface area contributed by atoms with Gasteiger partial charge in [0.25, 0.3) is 5.92 Å². The highest BCUT2D eigenvalue weighted by molar-refractivity contribution is 5.31. The monoisotopic (exact) mass is 307 g/mol. The number of nitrogens with one attached hydrogen (secondary N) is 1. The SMILES string of the molecule is FCC12CC(F)(F)CC1C(CF)(c1ccccc1F)NO2. The maximum Gasteiger partial charge on any atom is 0.251 e. The van der Waals surface area contributed by atoms with E-state index in [0.717, 1.165) is 6.07 Å². The Balaban J connectivity index is 2.11. The van der Waals surface area contributed by atoms with Crippen molar-refractivity contribution < 1.29 is 26.8 Å². The zero-order valence-electron chi connectivity index (χ0n) is 11.0. The number of fused-ring (bicyclic) bond motifs is 1. The number of hydrogen-bond acceptors (Lipinski definition) is 2. The number of benzene rings is 1. The maximum atomic E-state index is 14.0. The summed E-state index contributed by atoms with van der Waals surface area (Å²) < 4.78 is 68.5. The standard InChI is InChI=1S/C14H14F5NO/c15-7-12-6-13(18,19)5-11(12)14(8-16,20-21-12)9-3-1-2-4-10(9)17/h1-4,11,20H,5-8H2. The molecular formula is C14H14F5NO. The van der Waals surface area contributed by atoms with E-state index >= 15 is 0 Å². The summed E-state index contributed by atoms with van der Waals surface area (Å²) in [5.74, 6) is -5.09. The van der Waals surface area contributed by atoms with Gasteiger partial charge in [-0.1, -0.05) is 18.2 Å². The molecule has 1 heterocycles. The first kappa shape index (κ1) is 14.7. The summed E-state index contributed by atoms with van der Waals surface area (Å²) >= 11 is 0. The minimum absolute atomic E-state index is 0.120. The van der Waals surface area contributed by atoms with Crippen molar-refractivity contribution in [3.05, 3.63) is 35.6 Å². The summed E-state index contributed by atoms with van der Waals surface area (Å²) in [6, 6.07) is 5.29. The molecule has 1 saturated heterocycles. The molecule has 1 aromatic rings. The Kier molecular flexibility index (Phi) is 3.25. The van der Waals surface area contributed by atoms with Gasteiger partial charge >= 0.3 is 0 Å². The largest absolute Gasteiger partial charge is 0.291 e. The molecule has 116 valence electrons. The van der Waals surface area contributed by atoms with Crippen LogP contribution in [-0.2, 0) is 10.4 Å². The zero-order valence-corrected chi connectivity index (χ0v) is 11.0. The molecule has 3 rings (SSSR count). The Morgan fingerprint density at radius 1 is 1.19 bits per heavy atom. The summed E-state index contributed by atoms with van der Waals surface area (Å²) in [7, 11) is 0. The lowest BCUT2D eigenvalue weighted by Gasteiger charge is -2.32. The van der Waals surface area contributed by atoms with E-state index in [0.29, 0.717) is 0 Å². The second-order valence-corrected chi connectivity index (χ2v) is 5.78. The number of alkyl halides is 4. The molecule has 3 unspecified atom stereocenters. The van der Waals surface area contributed by atoms with Gasteiger partial charge in [-0.15, -0.1) is 0 Å². The van der Waals surface area contributed by atoms with Crippen LogP contribution in [0.1, 0.15) is 18.4 Å². The van der Waals surface area contributed by atoms with Gasteiger partial charge in [-0.3, -0.25) is 4.84 Å². The Labute approximate surface area is 118 Å². The van der Waals surface area contributed by atoms with E-state index in [9.17, 15) is 22.0 Å². The highest BCUT2D eigenvalue weighted by Gasteiger charge is 2.69. The zero-order chi connectivity index (χ0) is 15.3. The van der Waals surface area contributed by atoms with Gasteiger partial charge in [0.05, 0.1) is 0 Å². The fraction of sp³-hybridized carbons (Fsp3) is 0.571. The van der Waals surface area contributed by atoms with Crippen molar-refractivity contribution in [2.75, 3.05) is 13.3 Å². The molecule has 1 saturated carbocycles. The fourth-order valence-electron chi connectivity index (χ4n) is 3.54. The molecule has 7 heteroatoms. The van der Waals surface area contributed by atoms with Crippen LogP contribution in [0, 0.1) is 11.7 Å². The topological polar surface area (TPSA) is 21.3 Å². The van der Waals surface area contributed by atoms with Crippen LogP contribution in [0.3, 0.4) is 0 Å². The van der Waals surface area contributed by atoms with Gasteiger partial charge in [0.1, 0.15) is 30.3 Å². The van der Waals surface area contributed by atoms with Crippen LogP contribution in [0.4, 0.5) is 22.0 Å². The second-order valence-electron chi connectivity index (χ2n) is 5.78. The number of hydroxylamine groups is 1. The third-order valence-electron chi connectivity index (χ3n) is 4.52. The van der Waals surface area contributed by atoms with Gasteiger partial charge in [0, 0.05) is 24.3 Å². The van der Waals surface area contributed by atoms with Crippen molar-refractivity contribution in [2.45, 2.75) is 29.9 Å². The number of rotatable bonds is 3. The van der Waals surface area contributed by atoms with Gasteiger partial charge in [0.15, 0.2) is 0 Å². The lowest BCUT2D eigenvalue weighted by Crippen LogP contribution is -2.46. The first-order chi connectivity index (χ1) is 9.89. The molecule has 3 atom stereocenters. The maximum absolute atomic E-state index is 14.0. The number of hydrogen-bond donors (Lipinski definition) is 1. The molecule has 0 radical (unpaired) electrons. The molecule has 0 aromatic heterocycles. The van der Waals surface area contributed by atoms with Crippen molar-refractivity contribution in [3.63, 3.8) is 0 Å². The normalized spacial score (nSPS) is 37.7. The third kappa shape index (κ3) is 1.97. The Morgan fingerprint density at radius 2 is 1.90 bits per heavy atom. The Bertz CT molecular complexity index is 554. The van der Waals surface area contributed by atoms with E-state index in [2.05, 4.69) is 5.48 Å². The van der Waals surface area contributed by atoms with Crippen molar-refractivity contribution in [3.8, 4) is 0 Å². The Morgan fingerprint density at radius 3 is 2.52 bits per heavy atom. The third-order valence-corrected chi connectivity index (χ3v) is 4.52. The molecule has 2 nitrogen and oxygen atoms in total. The van der Waals surface area contributed by atoms with Crippen molar-refractivity contribution in [1.29, 1.82) is 0 Å². The van der Waals surface area contributed by atoms with Crippen molar-refractivity contribution >= 4 is 0 Å². The predicted octanol–water partition coefficient (Wildman–Crippen LogP) is 3.28. The molecule has 0 bridgehead atoms. The van der Waals surface area contributed by atoms with E-state index in [-0.39, 0.29) is 5.56 Å². The molecule has 2 aliphatic rings. The fourth-order valence-corrected chi connectivity index (χ4v) is 3.54. The van der Waals surface area contributed by atoms with Crippen molar-refractivity contribution in [1.82, 2.24) is 5.48 Å². The van der Waals surface area contributed by atoms with Crippen LogP contribution in [0.2, 0.25) is 0 Å². The van der Waals surface area contributed by atoms with Crippen molar-refractivity contribution in [2.24, 2.45) is 5.92 Å². The molecular weight excluding hydrogens is 293 g/mol. The van der Waals surface area contributed by atoms with Crippen LogP contribution in [0.5, 0.6) is 0 Å². The summed E-state index contributed by atoms with van der Waals surface area (Å²) in [5, 5.41) is 0. The smallest absolute Gasteiger partial charge is 0.251 e. The molecule has 1 aliphatic heterocycles. The molecule has 1 N–H and O–H groups in total. The minimum Gasteiger partial charge on any atom is -0.291 e. The average Bonchev–Trinajstić information content (AvgIpc) is 2.89. The lowest BCUT2D eigenvalue weighted by atomic mass is 9.73. The summed E-state index contributed by atoms with van der Waals surface area (Å²) in [5.41, 5.74) is -1.42. The van der Waals surface area contributed by atoms with Crippen LogP contribution in [-0.4, -0.2) is 24.9 Å². The summed E-state index contributed by atoms with van der Waals surface area (Å²) in [6.07, 6.45) is -1.59. The van der Waals surface area contributed by atoms with Gasteiger partial charge in [-0.05, 0) is 6.07 Å². The molecule has 1 aromatic carbocycles. The van der Waals surface area contributed by atoms with Gasteiger partial charge in [0.2, 0.25) is 0 Å². The van der Waals surface area contributed by atoms with E-state index in [1.165, 1.54) is 18.2 Å².